The highest BCUT2D eigenvalue weighted by Gasteiger charge is 2.49. The molecule has 0 aliphatic carbocycles. The summed E-state index contributed by atoms with van der Waals surface area (Å²) in [6.45, 7) is 4.83. The number of nitrogens with zero attached hydrogens (tertiary/aromatic N) is 5. The van der Waals surface area contributed by atoms with Gasteiger partial charge in [-0.3, -0.25) is 4.90 Å². The number of piperazine rings is 1. The normalized spacial score (nSPS) is 25.6. The quantitative estimate of drug-likeness (QED) is 0.208. The Balaban J connectivity index is 1.31. The highest BCUT2D eigenvalue weighted by Crippen LogP contribution is 2.48. The molecule has 9 rings (SSSR count). The zero-order valence-electron chi connectivity index (χ0n) is 27.4. The Bertz CT molecular complexity index is 2220. The van der Waals surface area contributed by atoms with Crippen molar-refractivity contribution in [2.75, 3.05) is 44.7 Å². The topological polar surface area (TPSA) is 78.1 Å². The number of fused-ring (bicyclic) bond motifs is 7. The average Bonchev–Trinajstić information content (AvgIpc) is 3.79. The Kier molecular flexibility index (Phi) is 6.85. The number of hydrogen-bond donors (Lipinski definition) is 1. The van der Waals surface area contributed by atoms with Crippen LogP contribution in [0.1, 0.15) is 43.4 Å². The summed E-state index contributed by atoms with van der Waals surface area (Å²) < 4.78 is 60.0. The van der Waals surface area contributed by atoms with E-state index in [1.54, 1.807) is 6.92 Å². The number of aromatic hydroxyl groups is 1. The lowest BCUT2D eigenvalue weighted by Gasteiger charge is -2.40. The Morgan fingerprint density at radius 1 is 1.10 bits per heavy atom. The van der Waals surface area contributed by atoms with Gasteiger partial charge in [0.2, 0.25) is 0 Å². The predicted octanol–water partition coefficient (Wildman–Crippen LogP) is 6.71. The largest absolute Gasteiger partial charge is 0.508 e. The molecule has 4 aliphatic rings. The number of aromatic nitrogens is 2. The van der Waals surface area contributed by atoms with Crippen LogP contribution in [0.2, 0.25) is 0 Å². The minimum atomic E-state index is -0.926. The number of anilines is 1. The second-order valence-electron chi connectivity index (χ2n) is 14.4. The van der Waals surface area contributed by atoms with E-state index < -0.39 is 23.3 Å². The van der Waals surface area contributed by atoms with Crippen LogP contribution in [0.25, 0.3) is 43.8 Å². The first kappa shape index (κ1) is 30.5. The molecule has 4 atom stereocenters. The number of likely N-dealkylation sites (tertiary alicyclic amines) is 1. The molecule has 0 amide bonds. The van der Waals surface area contributed by atoms with Crippen molar-refractivity contribution >= 4 is 38.5 Å². The SMILES string of the molecule is C#Cc1c(F)ccc2cc(O)cc(-c3c(F)c4nc(OC[C@@]56CCCN5C[C@H](F)C6)nc(N5[C@@H]6CC[C@H]5CN(C)C6)c4c4cc(C)oc34)c12. The van der Waals surface area contributed by atoms with Gasteiger partial charge in [-0.15, -0.1) is 6.42 Å². The van der Waals surface area contributed by atoms with Crippen LogP contribution in [0, 0.1) is 30.9 Å². The molecule has 4 fully saturated rings. The van der Waals surface area contributed by atoms with E-state index in [9.17, 15) is 9.50 Å². The summed E-state index contributed by atoms with van der Waals surface area (Å²) in [5.74, 6) is 2.03. The maximum Gasteiger partial charge on any atom is 0.319 e. The monoisotopic (exact) mass is 667 g/mol. The van der Waals surface area contributed by atoms with Crippen LogP contribution in [0.4, 0.5) is 19.0 Å². The third-order valence-electron chi connectivity index (χ3n) is 11.3. The van der Waals surface area contributed by atoms with Gasteiger partial charge in [0, 0.05) is 54.5 Å². The lowest BCUT2D eigenvalue weighted by molar-refractivity contribution is 0.107. The lowest BCUT2D eigenvalue weighted by atomic mass is 9.91. The number of rotatable bonds is 5. The molecule has 5 aromatic rings. The highest BCUT2D eigenvalue weighted by atomic mass is 19.1. The van der Waals surface area contributed by atoms with E-state index in [1.807, 2.05) is 6.07 Å². The minimum absolute atomic E-state index is 0.00664. The van der Waals surface area contributed by atoms with Gasteiger partial charge in [0.15, 0.2) is 5.82 Å². The third kappa shape index (κ3) is 4.60. The van der Waals surface area contributed by atoms with Crippen molar-refractivity contribution in [3.8, 4) is 35.2 Å². The molecule has 8 nitrogen and oxygen atoms in total. The third-order valence-corrected chi connectivity index (χ3v) is 11.3. The number of furan rings is 1. The van der Waals surface area contributed by atoms with Crippen molar-refractivity contribution in [2.24, 2.45) is 0 Å². The lowest BCUT2D eigenvalue weighted by Crippen LogP contribution is -2.53. The Morgan fingerprint density at radius 3 is 2.67 bits per heavy atom. The number of halogens is 3. The molecule has 4 aliphatic heterocycles. The van der Waals surface area contributed by atoms with Gasteiger partial charge >= 0.3 is 6.01 Å². The van der Waals surface area contributed by atoms with E-state index >= 15 is 8.78 Å². The average molecular weight is 668 g/mol. The van der Waals surface area contributed by atoms with Crippen LogP contribution >= 0.6 is 0 Å². The van der Waals surface area contributed by atoms with E-state index in [0.29, 0.717) is 40.7 Å². The Labute approximate surface area is 281 Å². The first-order chi connectivity index (χ1) is 23.6. The molecule has 3 aromatic carbocycles. The molecule has 1 N–H and O–H groups in total. The van der Waals surface area contributed by atoms with Gasteiger partial charge in [0.25, 0.3) is 0 Å². The Morgan fingerprint density at radius 2 is 1.90 bits per heavy atom. The fourth-order valence-corrected chi connectivity index (χ4v) is 9.30. The van der Waals surface area contributed by atoms with E-state index in [0.717, 1.165) is 45.3 Å². The number of likely N-dealkylation sites (N-methyl/N-ethyl adjacent to an activating group) is 1. The minimum Gasteiger partial charge on any atom is -0.508 e. The summed E-state index contributed by atoms with van der Waals surface area (Å²) >= 11 is 0. The number of benzene rings is 3. The maximum atomic E-state index is 17.6. The van der Waals surface area contributed by atoms with Crippen LogP contribution in [-0.4, -0.2) is 88.5 Å². The molecule has 0 unspecified atom stereocenters. The van der Waals surface area contributed by atoms with Crippen molar-refractivity contribution in [2.45, 2.75) is 62.8 Å². The van der Waals surface area contributed by atoms with Crippen LogP contribution in [0.3, 0.4) is 0 Å². The first-order valence-corrected chi connectivity index (χ1v) is 17.0. The molecule has 11 heteroatoms. The van der Waals surface area contributed by atoms with Crippen LogP contribution < -0.4 is 9.64 Å². The summed E-state index contributed by atoms with van der Waals surface area (Å²) in [6, 6.07) is 7.76. The molecule has 2 aromatic heterocycles. The molecule has 0 radical (unpaired) electrons. The summed E-state index contributed by atoms with van der Waals surface area (Å²) in [4.78, 5) is 16.5. The molecule has 252 valence electrons. The first-order valence-electron chi connectivity index (χ1n) is 17.0. The zero-order valence-corrected chi connectivity index (χ0v) is 27.4. The van der Waals surface area contributed by atoms with Crippen molar-refractivity contribution < 1.29 is 27.4 Å². The number of hydrogen-bond acceptors (Lipinski definition) is 8. The standard InChI is InChI=1S/C38H36F3N5O3/c1-4-26-29(40)9-6-21-13-25(47)14-27(30(21)26)31-33(41)34-32(28-12-20(2)49-35(28)31)36(46-23-7-8-24(46)18-44(3)17-23)43-37(42-34)48-19-38-10-5-11-45(38)16-22(39)15-38/h1,6,9,12-14,22-24,47H,5,7-8,10-11,15-19H2,2-3H3/t22-,23-,24+,38+/m1/s1. The number of phenolic OH excluding ortho intramolecular Hbond substituents is 1. The molecule has 2 bridgehead atoms. The molecular formula is C38H36F3N5O3. The molecule has 49 heavy (non-hydrogen) atoms. The fraction of sp³-hybridized carbons (Fsp3) is 0.421. The highest BCUT2D eigenvalue weighted by molar-refractivity contribution is 6.18. The number of phenols is 1. The predicted molar refractivity (Wildman–Crippen MR) is 182 cm³/mol. The van der Waals surface area contributed by atoms with Crippen molar-refractivity contribution in [1.29, 1.82) is 0 Å². The van der Waals surface area contributed by atoms with Crippen LogP contribution in [0.15, 0.2) is 34.7 Å². The molecule has 6 heterocycles. The summed E-state index contributed by atoms with van der Waals surface area (Å²) in [6.07, 6.45) is 8.95. The van der Waals surface area contributed by atoms with Gasteiger partial charge in [0.1, 0.15) is 47.0 Å². The number of alkyl halides is 1. The van der Waals surface area contributed by atoms with Gasteiger partial charge in [-0.2, -0.15) is 9.97 Å². The fourth-order valence-electron chi connectivity index (χ4n) is 9.30. The van der Waals surface area contributed by atoms with Crippen LogP contribution in [-0.2, 0) is 0 Å². The van der Waals surface area contributed by atoms with Crippen molar-refractivity contribution in [1.82, 2.24) is 19.8 Å². The Hall–Kier alpha value is -4.53. The second-order valence-corrected chi connectivity index (χ2v) is 14.4. The van der Waals surface area contributed by atoms with Crippen LogP contribution in [0.5, 0.6) is 11.8 Å². The molecule has 0 saturated carbocycles. The van der Waals surface area contributed by atoms with E-state index in [2.05, 4.69) is 27.7 Å². The summed E-state index contributed by atoms with van der Waals surface area (Å²) in [5, 5.41) is 12.6. The number of aryl methyl sites for hydroxylation is 1. The van der Waals surface area contributed by atoms with Gasteiger partial charge < -0.3 is 24.1 Å². The van der Waals surface area contributed by atoms with Gasteiger partial charge in [-0.1, -0.05) is 12.0 Å². The molecule has 0 spiro atoms. The number of terminal acetylenes is 1. The molecule has 4 saturated heterocycles. The second kappa shape index (κ2) is 11.0. The number of ether oxygens (including phenoxy) is 1. The van der Waals surface area contributed by atoms with E-state index in [1.165, 1.54) is 24.3 Å². The van der Waals surface area contributed by atoms with Gasteiger partial charge in [-0.25, -0.2) is 13.2 Å². The van der Waals surface area contributed by atoms with Gasteiger partial charge in [0.05, 0.1) is 22.1 Å². The van der Waals surface area contributed by atoms with Crippen molar-refractivity contribution in [3.05, 3.63) is 53.3 Å². The zero-order chi connectivity index (χ0) is 33.8. The van der Waals surface area contributed by atoms with E-state index in [4.69, 9.17) is 25.5 Å². The summed E-state index contributed by atoms with van der Waals surface area (Å²) in [7, 11) is 2.11. The van der Waals surface area contributed by atoms with E-state index in [-0.39, 0.29) is 63.6 Å². The molecular weight excluding hydrogens is 631 g/mol. The smallest absolute Gasteiger partial charge is 0.319 e. The summed E-state index contributed by atoms with van der Waals surface area (Å²) in [5.41, 5.74) is -0.0607. The van der Waals surface area contributed by atoms with Gasteiger partial charge in [-0.05, 0) is 75.9 Å². The van der Waals surface area contributed by atoms with Crippen molar-refractivity contribution in [3.63, 3.8) is 0 Å². The maximum absolute atomic E-state index is 17.6.